The molecule has 0 unspecified atom stereocenters. The smallest absolute Gasteiger partial charge is 0.341 e. The number of hydrogen-bond donors (Lipinski definition) is 1. The van der Waals surface area contributed by atoms with Crippen LogP contribution in [0.2, 0.25) is 0 Å². The molecule has 0 spiro atoms. The molecule has 0 aliphatic carbocycles. The van der Waals surface area contributed by atoms with E-state index in [1.807, 2.05) is 0 Å². The van der Waals surface area contributed by atoms with Crippen molar-refractivity contribution in [1.29, 1.82) is 0 Å². The summed E-state index contributed by atoms with van der Waals surface area (Å²) in [5.74, 6) is -2.42. The Hall–Kier alpha value is -2.62. The number of methoxy groups -OCH3 is 1. The van der Waals surface area contributed by atoms with Gasteiger partial charge >= 0.3 is 5.97 Å². The van der Waals surface area contributed by atoms with E-state index < -0.39 is 24.3 Å². The maximum Gasteiger partial charge on any atom is 0.341 e. The molecule has 2 rings (SSSR count). The molecular formula is C15H15FN2O6S. The molecule has 1 aliphatic heterocycles. The van der Waals surface area contributed by atoms with Gasteiger partial charge in [-0.2, -0.15) is 0 Å². The van der Waals surface area contributed by atoms with E-state index in [0.717, 1.165) is 22.7 Å². The highest BCUT2D eigenvalue weighted by atomic mass is 32.2. The fraction of sp³-hybridized carbons (Fsp3) is 0.333. The molecule has 0 saturated carbocycles. The number of hydrogen-bond acceptors (Lipinski definition) is 7. The monoisotopic (exact) mass is 370 g/mol. The molecule has 1 N–H and O–H groups in total. The molecule has 1 aromatic rings. The van der Waals surface area contributed by atoms with Crippen LogP contribution < -0.4 is 10.1 Å². The SMILES string of the molecule is COc1ccc(C(=O)OCC(=O)NCCN2C(=O)CSC2=O)c(F)c1. The van der Waals surface area contributed by atoms with Gasteiger partial charge in [-0.3, -0.25) is 19.3 Å². The summed E-state index contributed by atoms with van der Waals surface area (Å²) < 4.78 is 23.3. The fourth-order valence-electron chi connectivity index (χ4n) is 1.95. The Bertz CT molecular complexity index is 695. The van der Waals surface area contributed by atoms with Crippen molar-refractivity contribution in [2.75, 3.05) is 32.6 Å². The van der Waals surface area contributed by atoms with E-state index in [1.54, 1.807) is 0 Å². The van der Waals surface area contributed by atoms with Gasteiger partial charge in [0.05, 0.1) is 18.4 Å². The molecule has 1 saturated heterocycles. The van der Waals surface area contributed by atoms with Crippen LogP contribution in [0.15, 0.2) is 18.2 Å². The van der Waals surface area contributed by atoms with Gasteiger partial charge in [0, 0.05) is 19.2 Å². The first-order valence-corrected chi connectivity index (χ1v) is 8.15. The second kappa shape index (κ2) is 8.47. The zero-order valence-electron chi connectivity index (χ0n) is 13.2. The fourth-order valence-corrected chi connectivity index (χ4v) is 2.70. The van der Waals surface area contributed by atoms with E-state index in [2.05, 4.69) is 5.32 Å². The Morgan fingerprint density at radius 3 is 2.72 bits per heavy atom. The lowest BCUT2D eigenvalue weighted by atomic mass is 10.2. The van der Waals surface area contributed by atoms with Crippen molar-refractivity contribution in [1.82, 2.24) is 10.2 Å². The van der Waals surface area contributed by atoms with Crippen LogP contribution in [0.3, 0.4) is 0 Å². The van der Waals surface area contributed by atoms with Crippen LogP contribution >= 0.6 is 11.8 Å². The van der Waals surface area contributed by atoms with E-state index in [1.165, 1.54) is 19.2 Å². The van der Waals surface area contributed by atoms with E-state index in [-0.39, 0.29) is 41.3 Å². The zero-order chi connectivity index (χ0) is 18.4. The van der Waals surface area contributed by atoms with Crippen LogP contribution in [-0.2, 0) is 14.3 Å². The number of halogens is 1. The summed E-state index contributed by atoms with van der Waals surface area (Å²) in [7, 11) is 1.36. The molecule has 134 valence electrons. The number of carbonyl (C=O) groups excluding carboxylic acids is 4. The number of ether oxygens (including phenoxy) is 2. The van der Waals surface area contributed by atoms with Gasteiger partial charge in [0.15, 0.2) is 6.61 Å². The average molecular weight is 370 g/mol. The number of esters is 1. The normalized spacial score (nSPS) is 13.8. The third-order valence-electron chi connectivity index (χ3n) is 3.23. The molecule has 0 atom stereocenters. The molecule has 1 fully saturated rings. The van der Waals surface area contributed by atoms with Gasteiger partial charge in [-0.05, 0) is 12.1 Å². The first kappa shape index (κ1) is 18.7. The van der Waals surface area contributed by atoms with Crippen LogP contribution in [0.4, 0.5) is 9.18 Å². The predicted octanol–water partition coefficient (Wildman–Crippen LogP) is 0.803. The molecule has 0 bridgehead atoms. The third-order valence-corrected chi connectivity index (χ3v) is 4.09. The number of thioether (sulfide) groups is 1. The summed E-state index contributed by atoms with van der Waals surface area (Å²) in [5, 5.41) is 2.04. The van der Waals surface area contributed by atoms with Crippen molar-refractivity contribution in [3.63, 3.8) is 0 Å². The van der Waals surface area contributed by atoms with Crippen LogP contribution in [0.1, 0.15) is 10.4 Å². The number of nitrogens with one attached hydrogen (secondary N) is 1. The van der Waals surface area contributed by atoms with Gasteiger partial charge in [-0.25, -0.2) is 9.18 Å². The Morgan fingerprint density at radius 2 is 2.12 bits per heavy atom. The van der Waals surface area contributed by atoms with E-state index in [4.69, 9.17) is 9.47 Å². The van der Waals surface area contributed by atoms with E-state index >= 15 is 0 Å². The van der Waals surface area contributed by atoms with Crippen LogP contribution in [-0.4, -0.2) is 60.5 Å². The molecule has 1 aromatic carbocycles. The molecule has 0 aromatic heterocycles. The van der Waals surface area contributed by atoms with Gasteiger partial charge in [0.25, 0.3) is 11.1 Å². The molecule has 8 nitrogen and oxygen atoms in total. The van der Waals surface area contributed by atoms with Crippen LogP contribution in [0, 0.1) is 5.82 Å². The van der Waals surface area contributed by atoms with Crippen molar-refractivity contribution in [3.05, 3.63) is 29.6 Å². The van der Waals surface area contributed by atoms with Gasteiger partial charge in [0.2, 0.25) is 5.91 Å². The second-order valence-corrected chi connectivity index (χ2v) is 5.80. The van der Waals surface area contributed by atoms with Crippen molar-refractivity contribution in [2.45, 2.75) is 0 Å². The number of amides is 3. The quantitative estimate of drug-likeness (QED) is 0.709. The summed E-state index contributed by atoms with van der Waals surface area (Å²) in [5.41, 5.74) is -0.320. The summed E-state index contributed by atoms with van der Waals surface area (Å²) in [6, 6.07) is 3.61. The molecule has 3 amide bonds. The van der Waals surface area contributed by atoms with Gasteiger partial charge in [0.1, 0.15) is 11.6 Å². The summed E-state index contributed by atoms with van der Waals surface area (Å²) in [6.45, 7) is -0.538. The first-order valence-electron chi connectivity index (χ1n) is 7.17. The van der Waals surface area contributed by atoms with E-state index in [0.29, 0.717) is 0 Å². The zero-order valence-corrected chi connectivity index (χ0v) is 14.1. The highest BCUT2D eigenvalue weighted by Gasteiger charge is 2.29. The molecular weight excluding hydrogens is 355 g/mol. The number of rotatable bonds is 7. The molecule has 10 heteroatoms. The topological polar surface area (TPSA) is 102 Å². The average Bonchev–Trinajstić information content (AvgIpc) is 2.91. The lowest BCUT2D eigenvalue weighted by Gasteiger charge is -2.13. The lowest BCUT2D eigenvalue weighted by Crippen LogP contribution is -2.38. The summed E-state index contributed by atoms with van der Waals surface area (Å²) in [6.07, 6.45) is 0. The Morgan fingerprint density at radius 1 is 1.36 bits per heavy atom. The Kier molecular flexibility index (Phi) is 6.34. The molecule has 1 heterocycles. The second-order valence-electron chi connectivity index (χ2n) is 4.87. The van der Waals surface area contributed by atoms with Crippen LogP contribution in [0.25, 0.3) is 0 Å². The van der Waals surface area contributed by atoms with Gasteiger partial charge < -0.3 is 14.8 Å². The minimum atomic E-state index is -0.989. The lowest BCUT2D eigenvalue weighted by molar-refractivity contribution is -0.126. The molecule has 0 radical (unpaired) electrons. The summed E-state index contributed by atoms with van der Waals surface area (Å²) in [4.78, 5) is 47.1. The van der Waals surface area contributed by atoms with Crippen molar-refractivity contribution < 1.29 is 33.0 Å². The standard InChI is InChI=1S/C15H15FN2O6S/c1-23-9-2-3-10(11(16)6-9)14(21)24-7-12(19)17-4-5-18-13(20)8-25-15(18)22/h2-3,6H,4-5,7-8H2,1H3,(H,17,19). The minimum Gasteiger partial charge on any atom is -0.497 e. The molecule has 1 aliphatic rings. The number of benzene rings is 1. The van der Waals surface area contributed by atoms with Crippen molar-refractivity contribution in [3.8, 4) is 5.75 Å². The largest absolute Gasteiger partial charge is 0.497 e. The van der Waals surface area contributed by atoms with E-state index in [9.17, 15) is 23.6 Å². The van der Waals surface area contributed by atoms with Crippen molar-refractivity contribution >= 4 is 34.8 Å². The number of carbonyl (C=O) groups is 4. The van der Waals surface area contributed by atoms with Gasteiger partial charge in [-0.1, -0.05) is 11.8 Å². The number of nitrogens with zero attached hydrogens (tertiary/aromatic N) is 1. The highest BCUT2D eigenvalue weighted by molar-refractivity contribution is 8.14. The van der Waals surface area contributed by atoms with Crippen LogP contribution in [0.5, 0.6) is 5.75 Å². The minimum absolute atomic E-state index is 0.0331. The predicted molar refractivity (Wildman–Crippen MR) is 85.8 cm³/mol. The Labute approximate surface area is 146 Å². The number of imide groups is 1. The maximum absolute atomic E-state index is 13.7. The third kappa shape index (κ3) is 4.92. The molecule has 25 heavy (non-hydrogen) atoms. The first-order chi connectivity index (χ1) is 11.9. The summed E-state index contributed by atoms with van der Waals surface area (Å²) >= 11 is 0.899. The maximum atomic E-state index is 13.7. The highest BCUT2D eigenvalue weighted by Crippen LogP contribution is 2.18. The Balaban J connectivity index is 1.75. The van der Waals surface area contributed by atoms with Crippen molar-refractivity contribution in [2.24, 2.45) is 0 Å². The van der Waals surface area contributed by atoms with Gasteiger partial charge in [-0.15, -0.1) is 0 Å².